The third-order valence-electron chi connectivity index (χ3n) is 6.85. The summed E-state index contributed by atoms with van der Waals surface area (Å²) in [6.07, 6.45) is 2.49. The number of aromatic nitrogens is 1. The quantitative estimate of drug-likeness (QED) is 0.614. The summed E-state index contributed by atoms with van der Waals surface area (Å²) in [5, 5.41) is 3.42. The predicted octanol–water partition coefficient (Wildman–Crippen LogP) is 2.34. The molecule has 2 aliphatic heterocycles. The number of benzene rings is 1. The minimum Gasteiger partial charge on any atom is -0.369 e. The molecule has 0 bridgehead atoms. The predicted molar refractivity (Wildman–Crippen MR) is 138 cm³/mol. The molecular formula is C25H38N6O2S. The number of aryl methyl sites for hydroxylation is 1. The number of sulfonamides is 1. The number of nitrogens with zero attached hydrogens (tertiary/aromatic N) is 5. The molecule has 0 radical (unpaired) electrons. The Hall–Kier alpha value is -2.20. The van der Waals surface area contributed by atoms with Crippen LogP contribution in [0.4, 0.5) is 11.5 Å². The SMILES string of the molecule is Cc1cccc(N2CCN(CCC(C)Nc3ccc(S(=O)(=O)N4CCN(C)CC4)cn3)CC2)c1. The van der Waals surface area contributed by atoms with Crippen LogP contribution in [0.3, 0.4) is 0 Å². The van der Waals surface area contributed by atoms with Crippen LogP contribution in [0.15, 0.2) is 47.5 Å². The standard InChI is InChI=1S/C25H38N6O2S/c1-21-5-4-6-23(19-21)30-15-13-29(14-16-30)10-9-22(2)27-25-8-7-24(20-26-25)34(32,33)31-17-11-28(3)12-18-31/h4-8,19-20,22H,9-18H2,1-3H3,(H,26,27). The van der Waals surface area contributed by atoms with Gasteiger partial charge in [0.1, 0.15) is 10.7 Å². The molecule has 1 atom stereocenters. The van der Waals surface area contributed by atoms with Crippen LogP contribution in [0.1, 0.15) is 18.9 Å². The molecule has 9 heteroatoms. The van der Waals surface area contributed by atoms with E-state index in [4.69, 9.17) is 0 Å². The van der Waals surface area contributed by atoms with E-state index in [1.54, 1.807) is 16.4 Å². The van der Waals surface area contributed by atoms with Crippen LogP contribution in [-0.2, 0) is 10.0 Å². The molecule has 2 saturated heterocycles. The van der Waals surface area contributed by atoms with Crippen molar-refractivity contribution < 1.29 is 8.42 Å². The summed E-state index contributed by atoms with van der Waals surface area (Å²) in [6, 6.07) is 12.4. The number of hydrogen-bond acceptors (Lipinski definition) is 7. The van der Waals surface area contributed by atoms with Gasteiger partial charge in [-0.2, -0.15) is 4.31 Å². The Morgan fingerprint density at radius 3 is 2.38 bits per heavy atom. The Morgan fingerprint density at radius 1 is 1.00 bits per heavy atom. The van der Waals surface area contributed by atoms with Crippen LogP contribution in [0.2, 0.25) is 0 Å². The van der Waals surface area contributed by atoms with Gasteiger partial charge in [-0.05, 0) is 57.1 Å². The van der Waals surface area contributed by atoms with Crippen molar-refractivity contribution in [2.75, 3.05) is 76.2 Å². The zero-order chi connectivity index (χ0) is 24.1. The van der Waals surface area contributed by atoms with E-state index in [0.29, 0.717) is 18.9 Å². The van der Waals surface area contributed by atoms with E-state index in [9.17, 15) is 8.42 Å². The van der Waals surface area contributed by atoms with Gasteiger partial charge in [-0.25, -0.2) is 13.4 Å². The molecular weight excluding hydrogens is 448 g/mol. The summed E-state index contributed by atoms with van der Waals surface area (Å²) >= 11 is 0. The van der Waals surface area contributed by atoms with Crippen molar-refractivity contribution in [2.24, 2.45) is 0 Å². The third kappa shape index (κ3) is 6.27. The summed E-state index contributed by atoms with van der Waals surface area (Å²) < 4.78 is 27.3. The monoisotopic (exact) mass is 486 g/mol. The highest BCUT2D eigenvalue weighted by atomic mass is 32.2. The molecule has 2 aromatic rings. The van der Waals surface area contributed by atoms with Gasteiger partial charge in [0.05, 0.1) is 0 Å². The number of rotatable bonds is 8. The Bertz CT molecular complexity index is 1030. The molecule has 0 saturated carbocycles. The van der Waals surface area contributed by atoms with E-state index in [0.717, 1.165) is 52.2 Å². The molecule has 2 aliphatic rings. The van der Waals surface area contributed by atoms with Crippen LogP contribution in [0, 0.1) is 6.92 Å². The molecule has 0 spiro atoms. The van der Waals surface area contributed by atoms with Crippen LogP contribution in [-0.4, -0.2) is 99.5 Å². The molecule has 1 aromatic heterocycles. The molecule has 2 fully saturated rings. The highest BCUT2D eigenvalue weighted by Gasteiger charge is 2.27. The molecule has 1 aromatic carbocycles. The maximum absolute atomic E-state index is 12.9. The van der Waals surface area contributed by atoms with Gasteiger partial charge in [0.25, 0.3) is 0 Å². The van der Waals surface area contributed by atoms with Crippen molar-refractivity contribution in [3.63, 3.8) is 0 Å². The first kappa shape index (κ1) is 24.9. The fourth-order valence-corrected chi connectivity index (χ4v) is 5.92. The van der Waals surface area contributed by atoms with Crippen LogP contribution < -0.4 is 10.2 Å². The van der Waals surface area contributed by atoms with Gasteiger partial charge in [-0.15, -0.1) is 0 Å². The third-order valence-corrected chi connectivity index (χ3v) is 8.73. The molecule has 8 nitrogen and oxygen atoms in total. The maximum Gasteiger partial charge on any atom is 0.244 e. The molecule has 34 heavy (non-hydrogen) atoms. The zero-order valence-electron chi connectivity index (χ0n) is 20.7. The lowest BCUT2D eigenvalue weighted by Gasteiger charge is -2.36. The average molecular weight is 487 g/mol. The summed E-state index contributed by atoms with van der Waals surface area (Å²) in [7, 11) is -1.46. The van der Waals surface area contributed by atoms with E-state index in [1.165, 1.54) is 17.4 Å². The second-order valence-electron chi connectivity index (χ2n) is 9.59. The van der Waals surface area contributed by atoms with Crippen molar-refractivity contribution in [2.45, 2.75) is 31.2 Å². The molecule has 3 heterocycles. The number of pyridine rings is 1. The van der Waals surface area contributed by atoms with Gasteiger partial charge in [0.2, 0.25) is 10.0 Å². The summed E-state index contributed by atoms with van der Waals surface area (Å²) in [5.41, 5.74) is 2.62. The maximum atomic E-state index is 12.9. The van der Waals surface area contributed by atoms with E-state index in [-0.39, 0.29) is 10.9 Å². The zero-order valence-corrected chi connectivity index (χ0v) is 21.5. The summed E-state index contributed by atoms with van der Waals surface area (Å²) in [6.45, 7) is 12.1. The largest absolute Gasteiger partial charge is 0.369 e. The van der Waals surface area contributed by atoms with Crippen molar-refractivity contribution in [1.29, 1.82) is 0 Å². The summed E-state index contributed by atoms with van der Waals surface area (Å²) in [4.78, 5) is 11.8. The normalized spacial score (nSPS) is 19.8. The second kappa shape index (κ2) is 11.0. The van der Waals surface area contributed by atoms with Gasteiger partial charge in [0.15, 0.2) is 0 Å². The van der Waals surface area contributed by atoms with Gasteiger partial charge in [-0.1, -0.05) is 12.1 Å². The second-order valence-corrected chi connectivity index (χ2v) is 11.5. The minimum atomic E-state index is -3.48. The Kier molecular flexibility index (Phi) is 8.08. The van der Waals surface area contributed by atoms with Gasteiger partial charge in [-0.3, -0.25) is 4.90 Å². The Morgan fingerprint density at radius 2 is 1.74 bits per heavy atom. The van der Waals surface area contributed by atoms with Crippen LogP contribution in [0.25, 0.3) is 0 Å². The van der Waals surface area contributed by atoms with Crippen molar-refractivity contribution in [1.82, 2.24) is 19.1 Å². The van der Waals surface area contributed by atoms with E-state index >= 15 is 0 Å². The minimum absolute atomic E-state index is 0.252. The first-order valence-electron chi connectivity index (χ1n) is 12.3. The van der Waals surface area contributed by atoms with Gasteiger partial charge >= 0.3 is 0 Å². The van der Waals surface area contributed by atoms with Crippen molar-refractivity contribution in [3.8, 4) is 0 Å². The van der Waals surface area contributed by atoms with Gasteiger partial charge in [0, 0.05) is 76.8 Å². The molecule has 4 rings (SSSR count). The first-order valence-corrected chi connectivity index (χ1v) is 13.7. The topological polar surface area (TPSA) is 72.0 Å². The number of likely N-dealkylation sites (N-methyl/N-ethyl adjacent to an activating group) is 1. The van der Waals surface area contributed by atoms with E-state index in [2.05, 4.69) is 63.1 Å². The Labute approximate surface area is 204 Å². The number of anilines is 2. The smallest absolute Gasteiger partial charge is 0.244 e. The molecule has 0 amide bonds. The molecule has 0 aliphatic carbocycles. The van der Waals surface area contributed by atoms with E-state index < -0.39 is 10.0 Å². The summed E-state index contributed by atoms with van der Waals surface area (Å²) in [5.74, 6) is 0.717. The molecule has 1 N–H and O–H groups in total. The number of hydrogen-bond donors (Lipinski definition) is 1. The number of piperazine rings is 2. The lowest BCUT2D eigenvalue weighted by Crippen LogP contribution is -2.47. The molecule has 1 unspecified atom stereocenters. The van der Waals surface area contributed by atoms with E-state index in [1.807, 2.05) is 7.05 Å². The Balaban J connectivity index is 1.22. The fourth-order valence-electron chi connectivity index (χ4n) is 4.55. The number of nitrogens with one attached hydrogen (secondary N) is 1. The van der Waals surface area contributed by atoms with Crippen LogP contribution in [0.5, 0.6) is 0 Å². The van der Waals surface area contributed by atoms with Crippen LogP contribution >= 0.6 is 0 Å². The van der Waals surface area contributed by atoms with Gasteiger partial charge < -0.3 is 15.1 Å². The fraction of sp³-hybridized carbons (Fsp3) is 0.560. The highest BCUT2D eigenvalue weighted by molar-refractivity contribution is 7.89. The first-order chi connectivity index (χ1) is 16.3. The lowest BCUT2D eigenvalue weighted by molar-refractivity contribution is 0.222. The van der Waals surface area contributed by atoms with Crippen molar-refractivity contribution >= 4 is 21.5 Å². The van der Waals surface area contributed by atoms with Crippen molar-refractivity contribution in [3.05, 3.63) is 48.2 Å². The average Bonchev–Trinajstić information content (AvgIpc) is 2.84. The molecule has 186 valence electrons. The lowest BCUT2D eigenvalue weighted by atomic mass is 10.1. The highest BCUT2D eigenvalue weighted by Crippen LogP contribution is 2.20.